The summed E-state index contributed by atoms with van der Waals surface area (Å²) in [6, 6.07) is 12.5. The topological polar surface area (TPSA) is 68.6 Å². The summed E-state index contributed by atoms with van der Waals surface area (Å²) in [5.41, 5.74) is 2.89. The number of halogens is 2. The highest BCUT2D eigenvalue weighted by Gasteiger charge is 2.19. The van der Waals surface area contributed by atoms with E-state index in [0.717, 1.165) is 66.0 Å². The first-order valence-corrected chi connectivity index (χ1v) is 11.9. The lowest BCUT2D eigenvalue weighted by molar-refractivity contribution is 0.171. The molecule has 3 heterocycles. The summed E-state index contributed by atoms with van der Waals surface area (Å²) in [7, 11) is 0. The van der Waals surface area contributed by atoms with Crippen LogP contribution in [0.5, 0.6) is 11.5 Å². The van der Waals surface area contributed by atoms with Crippen LogP contribution >= 0.6 is 28.3 Å². The largest absolute Gasteiger partial charge is 0.486 e. The molecule has 0 radical (unpaired) electrons. The fourth-order valence-electron chi connectivity index (χ4n) is 4.43. The molecule has 1 aromatic heterocycles. The van der Waals surface area contributed by atoms with E-state index >= 15 is 0 Å². The van der Waals surface area contributed by atoms with Crippen molar-refractivity contribution in [3.8, 4) is 11.5 Å². The predicted octanol–water partition coefficient (Wildman–Crippen LogP) is 3.61. The maximum atomic E-state index is 12.4. The average Bonchev–Trinajstić information content (AvgIpc) is 2.82. The van der Waals surface area contributed by atoms with Crippen molar-refractivity contribution < 1.29 is 9.47 Å². The molecule has 33 heavy (non-hydrogen) atoms. The molecule has 0 amide bonds. The molecule has 0 atom stereocenters. The zero-order chi connectivity index (χ0) is 21.9. The number of likely N-dealkylation sites (tertiary alicyclic amines) is 1. The van der Waals surface area contributed by atoms with Crippen LogP contribution in [0.15, 0.2) is 51.9 Å². The van der Waals surface area contributed by atoms with Gasteiger partial charge in [0.15, 0.2) is 11.5 Å². The third-order valence-electron chi connectivity index (χ3n) is 6.24. The highest BCUT2D eigenvalue weighted by Crippen LogP contribution is 2.30. The SMILES string of the molecule is Cl.O=c1cnc2ccc(Br)cc2n1CCN1CCC(NCc2ccc3c(c2)OCCO3)CC1. The minimum atomic E-state index is -0.0495. The average molecular weight is 536 g/mol. The van der Waals surface area contributed by atoms with Crippen molar-refractivity contribution >= 4 is 39.4 Å². The molecule has 176 valence electrons. The van der Waals surface area contributed by atoms with Crippen LogP contribution in [0.25, 0.3) is 11.0 Å². The Balaban J connectivity index is 0.00000259. The molecule has 7 nitrogen and oxygen atoms in total. The minimum Gasteiger partial charge on any atom is -0.486 e. The summed E-state index contributed by atoms with van der Waals surface area (Å²) in [5.74, 6) is 1.68. The molecule has 0 aliphatic carbocycles. The number of hydrogen-bond acceptors (Lipinski definition) is 6. The molecule has 1 fully saturated rings. The van der Waals surface area contributed by atoms with E-state index in [1.54, 1.807) is 0 Å². The van der Waals surface area contributed by atoms with Crippen LogP contribution in [0, 0.1) is 0 Å². The van der Waals surface area contributed by atoms with Gasteiger partial charge in [-0.05, 0) is 61.8 Å². The minimum absolute atomic E-state index is 0. The van der Waals surface area contributed by atoms with E-state index in [0.29, 0.717) is 25.8 Å². The fourth-order valence-corrected chi connectivity index (χ4v) is 4.78. The number of benzene rings is 2. The van der Waals surface area contributed by atoms with E-state index < -0.39 is 0 Å². The van der Waals surface area contributed by atoms with Crippen molar-refractivity contribution in [3.05, 3.63) is 63.0 Å². The lowest BCUT2D eigenvalue weighted by Crippen LogP contribution is -2.43. The smallest absolute Gasteiger partial charge is 0.269 e. The van der Waals surface area contributed by atoms with Gasteiger partial charge in [0.05, 0.1) is 17.2 Å². The molecule has 2 aliphatic rings. The molecule has 1 N–H and O–H groups in total. The van der Waals surface area contributed by atoms with Gasteiger partial charge in [-0.2, -0.15) is 0 Å². The van der Waals surface area contributed by atoms with Crippen molar-refractivity contribution in [2.75, 3.05) is 32.8 Å². The summed E-state index contributed by atoms with van der Waals surface area (Å²) in [6.45, 7) is 5.65. The molecule has 2 aromatic carbocycles. The molecule has 3 aromatic rings. The van der Waals surface area contributed by atoms with Crippen molar-refractivity contribution in [1.29, 1.82) is 0 Å². The van der Waals surface area contributed by atoms with Gasteiger partial charge in [-0.1, -0.05) is 22.0 Å². The second-order valence-electron chi connectivity index (χ2n) is 8.36. The first-order chi connectivity index (χ1) is 15.7. The van der Waals surface area contributed by atoms with Crippen LogP contribution in [0.1, 0.15) is 18.4 Å². The Bertz CT molecular complexity index is 1160. The van der Waals surface area contributed by atoms with E-state index in [-0.39, 0.29) is 18.0 Å². The normalized spacial score (nSPS) is 16.5. The van der Waals surface area contributed by atoms with Crippen molar-refractivity contribution in [2.45, 2.75) is 32.0 Å². The van der Waals surface area contributed by atoms with E-state index in [1.165, 1.54) is 11.8 Å². The Morgan fingerprint density at radius 3 is 2.64 bits per heavy atom. The summed E-state index contributed by atoms with van der Waals surface area (Å²) in [5, 5.41) is 3.69. The van der Waals surface area contributed by atoms with Crippen molar-refractivity contribution in [1.82, 2.24) is 19.8 Å². The van der Waals surface area contributed by atoms with Gasteiger partial charge in [-0.3, -0.25) is 4.79 Å². The van der Waals surface area contributed by atoms with Crippen molar-refractivity contribution in [3.63, 3.8) is 0 Å². The number of fused-ring (bicyclic) bond motifs is 2. The van der Waals surface area contributed by atoms with Gasteiger partial charge in [-0.25, -0.2) is 4.98 Å². The lowest BCUT2D eigenvalue weighted by Gasteiger charge is -2.32. The highest BCUT2D eigenvalue weighted by molar-refractivity contribution is 9.10. The Morgan fingerprint density at radius 1 is 1.03 bits per heavy atom. The second kappa shape index (κ2) is 10.9. The summed E-state index contributed by atoms with van der Waals surface area (Å²) < 4.78 is 14.1. The van der Waals surface area contributed by atoms with E-state index in [2.05, 4.69) is 43.3 Å². The van der Waals surface area contributed by atoms with Crippen LogP contribution < -0.4 is 20.3 Å². The molecular formula is C24H28BrClN4O3. The van der Waals surface area contributed by atoms with Gasteiger partial charge in [0, 0.05) is 30.1 Å². The molecule has 1 saturated heterocycles. The molecule has 9 heteroatoms. The van der Waals surface area contributed by atoms with E-state index in [1.807, 2.05) is 28.8 Å². The first kappa shape index (κ1) is 24.0. The monoisotopic (exact) mass is 534 g/mol. The molecule has 0 unspecified atom stereocenters. The number of aromatic nitrogens is 2. The maximum Gasteiger partial charge on any atom is 0.269 e. The van der Waals surface area contributed by atoms with Gasteiger partial charge >= 0.3 is 0 Å². The van der Waals surface area contributed by atoms with Crippen LogP contribution in [0.2, 0.25) is 0 Å². The van der Waals surface area contributed by atoms with Crippen LogP contribution in [-0.4, -0.2) is 53.3 Å². The standard InChI is InChI=1S/C24H27BrN4O3.ClH/c25-18-2-3-20-21(14-18)29(24(30)16-27-20)10-9-28-7-5-19(6-8-28)26-15-17-1-4-22-23(13-17)32-12-11-31-22;/h1-4,13-14,16,19,26H,5-12,15H2;1H. The van der Waals surface area contributed by atoms with Gasteiger partial charge in [-0.15, -0.1) is 12.4 Å². The number of rotatable bonds is 6. The first-order valence-electron chi connectivity index (χ1n) is 11.1. The Kier molecular flexibility index (Phi) is 7.90. The number of hydrogen-bond donors (Lipinski definition) is 1. The van der Waals surface area contributed by atoms with Gasteiger partial charge < -0.3 is 24.3 Å². The zero-order valence-electron chi connectivity index (χ0n) is 18.3. The number of nitrogens with zero attached hydrogens (tertiary/aromatic N) is 3. The molecule has 0 saturated carbocycles. The number of nitrogens with one attached hydrogen (secondary N) is 1. The Morgan fingerprint density at radius 2 is 1.82 bits per heavy atom. The fraction of sp³-hybridized carbons (Fsp3) is 0.417. The van der Waals surface area contributed by atoms with Crippen LogP contribution in [0.4, 0.5) is 0 Å². The molecule has 0 bridgehead atoms. The molecule has 0 spiro atoms. The molecule has 5 rings (SSSR count). The number of ether oxygens (including phenoxy) is 2. The Labute approximate surface area is 207 Å². The molecule has 2 aliphatic heterocycles. The maximum absolute atomic E-state index is 12.4. The lowest BCUT2D eigenvalue weighted by atomic mass is 10.0. The highest BCUT2D eigenvalue weighted by atomic mass is 79.9. The van der Waals surface area contributed by atoms with Crippen molar-refractivity contribution in [2.24, 2.45) is 0 Å². The van der Waals surface area contributed by atoms with E-state index in [4.69, 9.17) is 9.47 Å². The third kappa shape index (κ3) is 5.69. The summed E-state index contributed by atoms with van der Waals surface area (Å²) in [6.07, 6.45) is 3.62. The summed E-state index contributed by atoms with van der Waals surface area (Å²) in [4.78, 5) is 19.1. The van der Waals surface area contributed by atoms with E-state index in [9.17, 15) is 4.79 Å². The summed E-state index contributed by atoms with van der Waals surface area (Å²) >= 11 is 3.50. The van der Waals surface area contributed by atoms with Gasteiger partial charge in [0.2, 0.25) is 0 Å². The quantitative estimate of drug-likeness (QED) is 0.520. The van der Waals surface area contributed by atoms with Gasteiger partial charge in [0.1, 0.15) is 13.2 Å². The van der Waals surface area contributed by atoms with Crippen LogP contribution in [-0.2, 0) is 13.1 Å². The van der Waals surface area contributed by atoms with Crippen LogP contribution in [0.3, 0.4) is 0 Å². The van der Waals surface area contributed by atoms with Gasteiger partial charge in [0.25, 0.3) is 5.56 Å². The number of piperidine rings is 1. The molecular weight excluding hydrogens is 508 g/mol. The Hall–Kier alpha value is -2.13. The predicted molar refractivity (Wildman–Crippen MR) is 135 cm³/mol. The third-order valence-corrected chi connectivity index (χ3v) is 6.73. The zero-order valence-corrected chi connectivity index (χ0v) is 20.7. The second-order valence-corrected chi connectivity index (χ2v) is 9.27.